The number of hydrogen-bond acceptors (Lipinski definition) is 12. The summed E-state index contributed by atoms with van der Waals surface area (Å²) in [5, 5.41) is 69.1. The second kappa shape index (κ2) is 21.4. The van der Waals surface area contributed by atoms with Crippen molar-refractivity contribution in [1.29, 1.82) is 0 Å². The van der Waals surface area contributed by atoms with Gasteiger partial charge in [0, 0.05) is 17.8 Å². The number of carbonyl (C=O) groups is 3. The number of Topliss-reactive ketones (excluding diaryl/α,β-unsaturated/α-hetero) is 3. The maximum Gasteiger partial charge on any atom is 0.336 e. The van der Waals surface area contributed by atoms with Crippen molar-refractivity contribution in [2.75, 3.05) is 0 Å². The molecule has 0 spiro atoms. The van der Waals surface area contributed by atoms with Crippen molar-refractivity contribution in [3.8, 4) is 17.2 Å². The molecular formula is C60H87N3O12. The molecule has 414 valence electrons. The van der Waals surface area contributed by atoms with Gasteiger partial charge in [0.1, 0.15) is 35.6 Å². The highest BCUT2D eigenvalue weighted by atomic mass is 16.3. The van der Waals surface area contributed by atoms with Gasteiger partial charge < -0.3 is 30.6 Å². The minimum absolute atomic E-state index is 0.0678. The van der Waals surface area contributed by atoms with Crippen LogP contribution in [0.4, 0.5) is 0 Å². The summed E-state index contributed by atoms with van der Waals surface area (Å²) >= 11 is 0. The molecule has 1 aromatic heterocycles. The van der Waals surface area contributed by atoms with E-state index in [1.807, 2.05) is 125 Å². The topological polar surface area (TPSA) is 239 Å². The van der Waals surface area contributed by atoms with Crippen molar-refractivity contribution in [2.45, 2.75) is 234 Å². The zero-order chi connectivity index (χ0) is 58.0. The van der Waals surface area contributed by atoms with Crippen molar-refractivity contribution in [3.63, 3.8) is 0 Å². The van der Waals surface area contributed by atoms with Gasteiger partial charge in [0.15, 0.2) is 17.3 Å². The molecule has 15 nitrogen and oxygen atoms in total. The van der Waals surface area contributed by atoms with E-state index < -0.39 is 123 Å². The fourth-order valence-corrected chi connectivity index (χ4v) is 9.45. The first-order valence-electron chi connectivity index (χ1n) is 26.0. The van der Waals surface area contributed by atoms with E-state index >= 15 is 0 Å². The second-order valence-electron chi connectivity index (χ2n) is 27.0. The average Bonchev–Trinajstić information content (AvgIpc) is 3.26. The van der Waals surface area contributed by atoms with Crippen LogP contribution in [0.1, 0.15) is 213 Å². The summed E-state index contributed by atoms with van der Waals surface area (Å²) in [5.41, 5.74) is -2.86. The van der Waals surface area contributed by atoms with Gasteiger partial charge in [-0.05, 0) is 82.6 Å². The Morgan fingerprint density at radius 3 is 0.640 bits per heavy atom. The third-order valence-electron chi connectivity index (χ3n) is 14.5. The predicted octanol–water partition coefficient (Wildman–Crippen LogP) is 8.27. The highest BCUT2D eigenvalue weighted by Gasteiger charge is 2.36. The Morgan fingerprint density at radius 2 is 0.507 bits per heavy atom. The SMILES string of the molecule is CC(C(=O)C(O)Cn1c(=O)n(CC(O)C(=O)C(C)c2cc(C(C)(C)C)c(O)c(C(C)(C)C)c2)c(=O)n(CC(O)C(=O)C(C)c2cc(C(C)(C)C)c(O)c(C(C)(C)C)c2)c1=O)c1cc(C(C)(C)C)c(O)c(C(C)(C)C)c1. The normalized spacial score (nSPS) is 15.5. The van der Waals surface area contributed by atoms with Gasteiger partial charge in [0.25, 0.3) is 0 Å². The summed E-state index contributed by atoms with van der Waals surface area (Å²) in [6.07, 6.45) is -6.17. The Hall–Kier alpha value is -5.64. The maximum absolute atomic E-state index is 14.5. The zero-order valence-electron chi connectivity index (χ0n) is 48.5. The first-order valence-corrected chi connectivity index (χ1v) is 26.0. The number of ketones is 3. The smallest absolute Gasteiger partial charge is 0.336 e. The largest absolute Gasteiger partial charge is 0.507 e. The maximum atomic E-state index is 14.5. The minimum Gasteiger partial charge on any atom is -0.507 e. The monoisotopic (exact) mass is 1040 g/mol. The van der Waals surface area contributed by atoms with Crippen LogP contribution in [0, 0.1) is 0 Å². The van der Waals surface area contributed by atoms with E-state index in [1.165, 1.54) is 20.8 Å². The lowest BCUT2D eigenvalue weighted by Gasteiger charge is -2.29. The number of nitrogens with zero attached hydrogens (tertiary/aromatic N) is 3. The van der Waals surface area contributed by atoms with E-state index in [0.29, 0.717) is 63.8 Å². The number of hydrogen-bond donors (Lipinski definition) is 6. The standard InChI is InChI=1S/C60H87N3O12/c1-31(34-22-37(55(4,5)6)49(70)38(23-34)56(7,8)9)46(67)43(64)28-61-52(73)62(29-44(65)47(68)32(2)35-24-39(57(10,11)12)50(71)40(25-35)58(13,14)15)54(75)63(53(61)74)30-45(66)48(69)33(3)36-26-41(59(16,17)18)51(72)42(27-36)60(19,20)21/h22-27,31-33,43-45,64-66,70-72H,28-30H2,1-21H3. The van der Waals surface area contributed by atoms with Gasteiger partial charge in [-0.15, -0.1) is 0 Å². The molecule has 4 aromatic rings. The number of benzene rings is 3. The van der Waals surface area contributed by atoms with Gasteiger partial charge in [-0.1, -0.05) is 182 Å². The van der Waals surface area contributed by atoms with Crippen LogP contribution in [0.3, 0.4) is 0 Å². The molecular weight excluding hydrogens is 955 g/mol. The number of aliphatic hydroxyl groups is 3. The Kier molecular flexibility index (Phi) is 17.7. The Bertz CT molecular complexity index is 2560. The van der Waals surface area contributed by atoms with Crippen LogP contribution >= 0.6 is 0 Å². The van der Waals surface area contributed by atoms with E-state index in [2.05, 4.69) is 0 Å². The van der Waals surface area contributed by atoms with E-state index in [-0.39, 0.29) is 17.2 Å². The Morgan fingerprint density at radius 1 is 0.360 bits per heavy atom. The fraction of sp³-hybridized carbons (Fsp3) is 0.600. The zero-order valence-corrected chi connectivity index (χ0v) is 48.5. The quantitative estimate of drug-likeness (QED) is 0.0660. The third-order valence-corrected chi connectivity index (χ3v) is 14.5. The van der Waals surface area contributed by atoms with Crippen LogP contribution in [0.5, 0.6) is 17.2 Å². The number of aromatic nitrogens is 3. The molecule has 0 amide bonds. The molecule has 0 fully saturated rings. The van der Waals surface area contributed by atoms with E-state index in [9.17, 15) is 59.4 Å². The molecule has 0 saturated carbocycles. The molecule has 75 heavy (non-hydrogen) atoms. The summed E-state index contributed by atoms with van der Waals surface area (Å²) in [7, 11) is 0. The summed E-state index contributed by atoms with van der Waals surface area (Å²) in [5.74, 6) is -5.41. The van der Waals surface area contributed by atoms with Crippen molar-refractivity contribution < 1.29 is 45.0 Å². The van der Waals surface area contributed by atoms with Crippen LogP contribution in [-0.2, 0) is 66.5 Å². The molecule has 0 aliphatic rings. The molecule has 0 radical (unpaired) electrons. The molecule has 0 aliphatic carbocycles. The van der Waals surface area contributed by atoms with Crippen LogP contribution in [0.15, 0.2) is 50.8 Å². The number of aromatic hydroxyl groups is 3. The molecule has 0 bridgehead atoms. The number of rotatable bonds is 15. The molecule has 6 atom stereocenters. The summed E-state index contributed by atoms with van der Waals surface area (Å²) in [4.78, 5) is 86.2. The molecule has 3 aromatic carbocycles. The minimum atomic E-state index is -2.06. The second-order valence-corrected chi connectivity index (χ2v) is 27.0. The van der Waals surface area contributed by atoms with Crippen LogP contribution in [0.25, 0.3) is 0 Å². The van der Waals surface area contributed by atoms with E-state index in [1.54, 1.807) is 36.4 Å². The number of phenols is 3. The summed E-state index contributed by atoms with van der Waals surface area (Å²) in [6, 6.07) is 10.1. The molecule has 0 saturated heterocycles. The van der Waals surface area contributed by atoms with Crippen LogP contribution in [0.2, 0.25) is 0 Å². The molecule has 4 rings (SSSR count). The van der Waals surface area contributed by atoms with Crippen LogP contribution in [-0.4, -0.2) is 80.0 Å². The lowest BCUT2D eigenvalue weighted by atomic mass is 9.76. The molecule has 6 N–H and O–H groups in total. The molecule has 0 aliphatic heterocycles. The predicted molar refractivity (Wildman–Crippen MR) is 294 cm³/mol. The van der Waals surface area contributed by atoms with Crippen molar-refractivity contribution >= 4 is 17.3 Å². The molecule has 1 heterocycles. The van der Waals surface area contributed by atoms with Crippen molar-refractivity contribution in [2.24, 2.45) is 0 Å². The van der Waals surface area contributed by atoms with Crippen LogP contribution < -0.4 is 17.1 Å². The first-order chi connectivity index (χ1) is 33.7. The van der Waals surface area contributed by atoms with Gasteiger partial charge in [-0.2, -0.15) is 0 Å². The fourth-order valence-electron chi connectivity index (χ4n) is 9.45. The average molecular weight is 1040 g/mol. The molecule has 15 heteroatoms. The lowest BCUT2D eigenvalue weighted by Crippen LogP contribution is -2.58. The van der Waals surface area contributed by atoms with Crippen molar-refractivity contribution in [3.05, 3.63) is 118 Å². The summed E-state index contributed by atoms with van der Waals surface area (Å²) < 4.78 is 1.23. The van der Waals surface area contributed by atoms with E-state index in [0.717, 1.165) is 0 Å². The third kappa shape index (κ3) is 13.3. The number of carbonyl (C=O) groups excluding carboxylic acids is 3. The van der Waals surface area contributed by atoms with Gasteiger partial charge in [-0.25, -0.2) is 28.1 Å². The highest BCUT2D eigenvalue weighted by Crippen LogP contribution is 2.44. The summed E-state index contributed by atoms with van der Waals surface area (Å²) in [6.45, 7) is 35.9. The van der Waals surface area contributed by atoms with Crippen molar-refractivity contribution in [1.82, 2.24) is 13.7 Å². The number of phenolic OH excluding ortho intramolecular Hbond substituents is 3. The van der Waals surface area contributed by atoms with Gasteiger partial charge in [0.2, 0.25) is 0 Å². The van der Waals surface area contributed by atoms with Gasteiger partial charge >= 0.3 is 17.1 Å². The molecule has 6 unspecified atom stereocenters. The lowest BCUT2D eigenvalue weighted by molar-refractivity contribution is -0.129. The van der Waals surface area contributed by atoms with Gasteiger partial charge in [0.05, 0.1) is 19.6 Å². The highest BCUT2D eigenvalue weighted by molar-refractivity contribution is 5.90. The van der Waals surface area contributed by atoms with E-state index in [4.69, 9.17) is 0 Å². The Labute approximate surface area is 443 Å². The van der Waals surface area contributed by atoms with Gasteiger partial charge in [-0.3, -0.25) is 14.4 Å². The first kappa shape index (κ1) is 61.9. The number of aliphatic hydroxyl groups excluding tert-OH is 3. The Balaban J connectivity index is 1.89.